The van der Waals surface area contributed by atoms with E-state index in [0.717, 1.165) is 29.1 Å². The second kappa shape index (κ2) is 9.07. The Labute approximate surface area is 196 Å². The first-order chi connectivity index (χ1) is 16.2. The first-order valence-corrected chi connectivity index (χ1v) is 11.7. The fraction of sp³-hybridized carbons (Fsp3) is 0.200. The van der Waals surface area contributed by atoms with Crippen molar-refractivity contribution in [3.8, 4) is 22.8 Å². The molecule has 4 aromatic rings. The van der Waals surface area contributed by atoms with E-state index in [0.29, 0.717) is 11.0 Å². The van der Waals surface area contributed by atoms with Crippen LogP contribution >= 0.6 is 11.8 Å². The predicted molar refractivity (Wildman–Crippen MR) is 129 cm³/mol. The normalized spacial score (nSPS) is 14.8. The zero-order chi connectivity index (χ0) is 22.8. The lowest BCUT2D eigenvalue weighted by Crippen LogP contribution is -2.37. The lowest BCUT2D eigenvalue weighted by atomic mass is 10.1. The first-order valence-electron chi connectivity index (χ1n) is 10.7. The molecule has 0 saturated heterocycles. The molecule has 0 aliphatic carbocycles. The molecule has 166 valence electrons. The zero-order valence-corrected chi connectivity index (χ0v) is 19.2. The lowest BCUT2D eigenvalue weighted by Gasteiger charge is -2.22. The van der Waals surface area contributed by atoms with Gasteiger partial charge >= 0.3 is 0 Å². The summed E-state index contributed by atoms with van der Waals surface area (Å²) in [5.41, 5.74) is 4.01. The van der Waals surface area contributed by atoms with Gasteiger partial charge in [-0.3, -0.25) is 14.3 Å². The number of fused-ring (bicyclic) bond motifs is 1. The molecule has 5 rings (SSSR count). The summed E-state index contributed by atoms with van der Waals surface area (Å²) in [4.78, 5) is 19.2. The van der Waals surface area contributed by atoms with Gasteiger partial charge in [0.25, 0.3) is 0 Å². The molecular formula is C25H23N5O2S. The Morgan fingerprint density at radius 1 is 1.06 bits per heavy atom. The maximum Gasteiger partial charge on any atom is 0.237 e. The second-order valence-corrected chi connectivity index (χ2v) is 8.75. The molecule has 0 spiro atoms. The summed E-state index contributed by atoms with van der Waals surface area (Å²) < 4.78 is 7.27. The lowest BCUT2D eigenvalue weighted by molar-refractivity contribution is -0.116. The topological polar surface area (TPSA) is 73.1 Å². The Kier molecular flexibility index (Phi) is 5.83. The van der Waals surface area contributed by atoms with Gasteiger partial charge in [0.1, 0.15) is 5.75 Å². The molecule has 8 heteroatoms. The van der Waals surface area contributed by atoms with E-state index in [2.05, 4.69) is 28.2 Å². The van der Waals surface area contributed by atoms with E-state index in [1.54, 1.807) is 19.5 Å². The summed E-state index contributed by atoms with van der Waals surface area (Å²) in [6.07, 6.45) is 4.33. The van der Waals surface area contributed by atoms with E-state index >= 15 is 0 Å². The van der Waals surface area contributed by atoms with Crippen LogP contribution in [-0.4, -0.2) is 44.6 Å². The Hall–Kier alpha value is -3.65. The van der Waals surface area contributed by atoms with Crippen LogP contribution in [0.3, 0.4) is 0 Å². The molecule has 0 fully saturated rings. The average molecular weight is 458 g/mol. The minimum Gasteiger partial charge on any atom is -0.497 e. The summed E-state index contributed by atoms with van der Waals surface area (Å²) in [6.45, 7) is 2.09. The number of carbonyl (C=O) groups excluding carboxylic acids is 1. The number of hydrogen-bond donors (Lipinski definition) is 0. The quantitative estimate of drug-likeness (QED) is 0.400. The van der Waals surface area contributed by atoms with Crippen molar-refractivity contribution in [2.75, 3.05) is 17.8 Å². The number of amides is 1. The number of anilines is 1. The number of aromatic nitrogens is 4. The highest BCUT2D eigenvalue weighted by atomic mass is 32.2. The highest BCUT2D eigenvalue weighted by Gasteiger charge is 2.30. The molecule has 1 aliphatic heterocycles. The van der Waals surface area contributed by atoms with Crippen LogP contribution in [0.1, 0.15) is 12.5 Å². The number of ether oxygens (including phenoxy) is 1. The number of benzene rings is 2. The van der Waals surface area contributed by atoms with Crippen molar-refractivity contribution in [3.05, 3.63) is 78.6 Å². The van der Waals surface area contributed by atoms with E-state index < -0.39 is 0 Å². The number of carbonyl (C=O) groups is 1. The molecule has 0 N–H and O–H groups in total. The Bertz CT molecular complexity index is 1270. The van der Waals surface area contributed by atoms with Gasteiger partial charge in [-0.1, -0.05) is 30.0 Å². The molecule has 1 unspecified atom stereocenters. The van der Waals surface area contributed by atoms with E-state index in [1.165, 1.54) is 17.3 Å². The van der Waals surface area contributed by atoms with Crippen LogP contribution in [0.15, 0.2) is 78.2 Å². The number of nitrogens with zero attached hydrogens (tertiary/aromatic N) is 5. The van der Waals surface area contributed by atoms with Gasteiger partial charge in [-0.05, 0) is 61.4 Å². The van der Waals surface area contributed by atoms with Gasteiger partial charge in [0.2, 0.25) is 5.91 Å². The van der Waals surface area contributed by atoms with Crippen LogP contribution < -0.4 is 9.64 Å². The molecule has 2 aromatic heterocycles. The summed E-state index contributed by atoms with van der Waals surface area (Å²) in [7, 11) is 1.64. The number of methoxy groups -OCH3 is 1. The van der Waals surface area contributed by atoms with E-state index in [4.69, 9.17) is 4.74 Å². The van der Waals surface area contributed by atoms with Gasteiger partial charge in [0, 0.05) is 35.4 Å². The third-order valence-corrected chi connectivity index (χ3v) is 6.62. The monoisotopic (exact) mass is 457 g/mol. The fourth-order valence-corrected chi connectivity index (χ4v) is 4.97. The number of rotatable bonds is 6. The maximum atomic E-state index is 13.2. The molecular weight excluding hydrogens is 434 g/mol. The van der Waals surface area contributed by atoms with Crippen molar-refractivity contribution in [3.63, 3.8) is 0 Å². The fourth-order valence-electron chi connectivity index (χ4n) is 4.16. The van der Waals surface area contributed by atoms with Crippen molar-refractivity contribution in [2.45, 2.75) is 24.5 Å². The summed E-state index contributed by atoms with van der Waals surface area (Å²) in [6, 6.07) is 19.7. The minimum atomic E-state index is 0.0622. The maximum absolute atomic E-state index is 13.2. The van der Waals surface area contributed by atoms with Crippen LogP contribution in [0.2, 0.25) is 0 Å². The molecule has 0 saturated carbocycles. The highest BCUT2D eigenvalue weighted by molar-refractivity contribution is 7.99. The van der Waals surface area contributed by atoms with Gasteiger partial charge in [-0.2, -0.15) is 0 Å². The molecule has 1 aliphatic rings. The van der Waals surface area contributed by atoms with Crippen molar-refractivity contribution < 1.29 is 9.53 Å². The van der Waals surface area contributed by atoms with Gasteiger partial charge in [0.15, 0.2) is 11.0 Å². The standard InChI is InChI=1S/C25H23N5O2S/c1-17-15-19-5-3-4-6-22(19)29(17)23(31)16-33-25-28-27-24(18-11-13-26-14-12-18)30(25)20-7-9-21(32-2)10-8-20/h3-14,17H,15-16H2,1-2H3. The van der Waals surface area contributed by atoms with Crippen molar-refractivity contribution in [1.82, 2.24) is 19.7 Å². The predicted octanol–water partition coefficient (Wildman–Crippen LogP) is 4.41. The van der Waals surface area contributed by atoms with Gasteiger partial charge in [0.05, 0.1) is 12.9 Å². The van der Waals surface area contributed by atoms with Gasteiger partial charge < -0.3 is 9.64 Å². The molecule has 3 heterocycles. The molecule has 1 atom stereocenters. The molecule has 0 radical (unpaired) electrons. The number of pyridine rings is 1. The van der Waals surface area contributed by atoms with E-state index in [-0.39, 0.29) is 17.7 Å². The van der Waals surface area contributed by atoms with Crippen molar-refractivity contribution in [2.24, 2.45) is 0 Å². The van der Waals surface area contributed by atoms with E-state index in [1.807, 2.05) is 64.1 Å². The smallest absolute Gasteiger partial charge is 0.237 e. The van der Waals surface area contributed by atoms with Crippen LogP contribution in [0.4, 0.5) is 5.69 Å². The van der Waals surface area contributed by atoms with Gasteiger partial charge in [-0.25, -0.2) is 0 Å². The summed E-state index contributed by atoms with van der Waals surface area (Å²) in [5, 5.41) is 9.52. The van der Waals surface area contributed by atoms with Crippen LogP contribution in [0.5, 0.6) is 5.75 Å². The van der Waals surface area contributed by atoms with Crippen molar-refractivity contribution >= 4 is 23.4 Å². The number of thioether (sulfide) groups is 1. The molecule has 1 amide bonds. The largest absolute Gasteiger partial charge is 0.497 e. The molecule has 2 aromatic carbocycles. The highest BCUT2D eigenvalue weighted by Crippen LogP contribution is 2.34. The molecule has 0 bridgehead atoms. The SMILES string of the molecule is COc1ccc(-n2c(SCC(=O)N3c4ccccc4CC3C)nnc2-c2ccncc2)cc1. The van der Waals surface area contributed by atoms with Crippen LogP contribution in [0.25, 0.3) is 17.1 Å². The molecule has 33 heavy (non-hydrogen) atoms. The number of hydrogen-bond acceptors (Lipinski definition) is 6. The molecule has 7 nitrogen and oxygen atoms in total. The van der Waals surface area contributed by atoms with Crippen LogP contribution in [0, 0.1) is 0 Å². The third-order valence-electron chi connectivity index (χ3n) is 5.70. The third kappa shape index (κ3) is 4.09. The first kappa shape index (κ1) is 21.2. The Balaban J connectivity index is 1.45. The van der Waals surface area contributed by atoms with E-state index in [9.17, 15) is 4.79 Å². The number of para-hydroxylation sites is 1. The second-order valence-electron chi connectivity index (χ2n) is 7.81. The summed E-state index contributed by atoms with van der Waals surface area (Å²) >= 11 is 1.39. The average Bonchev–Trinajstić information content (AvgIpc) is 3.43. The minimum absolute atomic E-state index is 0.0622. The Morgan fingerprint density at radius 3 is 2.58 bits per heavy atom. The van der Waals surface area contributed by atoms with Crippen molar-refractivity contribution in [1.29, 1.82) is 0 Å². The zero-order valence-electron chi connectivity index (χ0n) is 18.4. The van der Waals surface area contributed by atoms with Gasteiger partial charge in [-0.15, -0.1) is 10.2 Å². The summed E-state index contributed by atoms with van der Waals surface area (Å²) in [5.74, 6) is 1.79. The Morgan fingerprint density at radius 2 is 1.82 bits per heavy atom. The van der Waals surface area contributed by atoms with Crippen LogP contribution in [-0.2, 0) is 11.2 Å².